The van der Waals surface area contributed by atoms with Gasteiger partial charge < -0.3 is 14.5 Å². The third-order valence-corrected chi connectivity index (χ3v) is 2.52. The summed E-state index contributed by atoms with van der Waals surface area (Å²) >= 11 is 0. The zero-order valence-electron chi connectivity index (χ0n) is 9.95. The van der Waals surface area contributed by atoms with Gasteiger partial charge in [-0.2, -0.15) is 0 Å². The number of carbonyl (C=O) groups is 1. The van der Waals surface area contributed by atoms with Crippen LogP contribution >= 0.6 is 0 Å². The van der Waals surface area contributed by atoms with Crippen molar-refractivity contribution in [3.63, 3.8) is 0 Å². The molecule has 1 aromatic heterocycles. The van der Waals surface area contributed by atoms with Gasteiger partial charge in [-0.15, -0.1) is 0 Å². The van der Waals surface area contributed by atoms with E-state index >= 15 is 0 Å². The third kappa shape index (κ3) is 2.58. The van der Waals surface area contributed by atoms with Crippen molar-refractivity contribution < 1.29 is 14.3 Å². The van der Waals surface area contributed by atoms with Crippen LogP contribution in [0.1, 0.15) is 12.6 Å². The molecular formula is C13H15NO3. The number of aromatic amines is 1. The summed E-state index contributed by atoms with van der Waals surface area (Å²) in [6.07, 6.45) is 0.269. The molecular weight excluding hydrogens is 218 g/mol. The van der Waals surface area contributed by atoms with Gasteiger partial charge in [0.2, 0.25) is 0 Å². The number of carbonyl (C=O) groups excluding carboxylic acids is 1. The number of fused-ring (bicyclic) bond motifs is 1. The van der Waals surface area contributed by atoms with Crippen LogP contribution in [0.3, 0.4) is 0 Å². The molecule has 0 fully saturated rings. The summed E-state index contributed by atoms with van der Waals surface area (Å²) in [5.41, 5.74) is 1.84. The summed E-state index contributed by atoms with van der Waals surface area (Å²) in [6, 6.07) is 7.69. The lowest BCUT2D eigenvalue weighted by molar-refractivity contribution is -0.142. The Morgan fingerprint density at radius 2 is 2.18 bits per heavy atom. The molecule has 0 aliphatic heterocycles. The molecule has 1 aromatic carbocycles. The minimum Gasteiger partial charge on any atom is -0.497 e. The fraction of sp³-hybridized carbons (Fsp3) is 0.308. The number of nitrogens with one attached hydrogen (secondary N) is 1. The molecule has 0 spiro atoms. The van der Waals surface area contributed by atoms with Crippen LogP contribution in [0.5, 0.6) is 5.75 Å². The summed E-state index contributed by atoms with van der Waals surface area (Å²) in [7, 11) is 1.63. The van der Waals surface area contributed by atoms with Crippen molar-refractivity contribution in [3.8, 4) is 5.75 Å². The Hall–Kier alpha value is -1.97. The highest BCUT2D eigenvalue weighted by Gasteiger charge is 2.07. The highest BCUT2D eigenvalue weighted by atomic mass is 16.5. The predicted octanol–water partition coefficient (Wildman–Crippen LogP) is 2.28. The lowest BCUT2D eigenvalue weighted by Crippen LogP contribution is -2.07. The number of hydrogen-bond acceptors (Lipinski definition) is 3. The minimum absolute atomic E-state index is 0.217. The van der Waals surface area contributed by atoms with Crippen molar-refractivity contribution >= 4 is 16.9 Å². The summed E-state index contributed by atoms with van der Waals surface area (Å²) in [4.78, 5) is 14.5. The average molecular weight is 233 g/mol. The van der Waals surface area contributed by atoms with Crippen LogP contribution in [0.4, 0.5) is 0 Å². The molecule has 0 bridgehead atoms. The van der Waals surface area contributed by atoms with Crippen molar-refractivity contribution in [2.45, 2.75) is 13.3 Å². The summed E-state index contributed by atoms with van der Waals surface area (Å²) < 4.78 is 10.0. The van der Waals surface area contributed by atoms with Crippen LogP contribution in [-0.4, -0.2) is 24.7 Å². The first-order valence-electron chi connectivity index (χ1n) is 5.54. The maximum absolute atomic E-state index is 11.3. The van der Waals surface area contributed by atoms with Crippen molar-refractivity contribution in [1.29, 1.82) is 0 Å². The van der Waals surface area contributed by atoms with Crippen LogP contribution in [0.15, 0.2) is 24.3 Å². The number of H-pyrrole nitrogens is 1. The minimum atomic E-state index is -0.217. The Bertz CT molecular complexity index is 530. The van der Waals surface area contributed by atoms with Gasteiger partial charge in [-0.3, -0.25) is 4.79 Å². The number of hydrogen-bond donors (Lipinski definition) is 1. The van der Waals surface area contributed by atoms with Crippen molar-refractivity contribution in [1.82, 2.24) is 4.98 Å². The molecule has 0 aliphatic rings. The topological polar surface area (TPSA) is 51.3 Å². The van der Waals surface area contributed by atoms with Crippen LogP contribution in [-0.2, 0) is 16.0 Å². The molecule has 4 heteroatoms. The van der Waals surface area contributed by atoms with Gasteiger partial charge in [0, 0.05) is 16.6 Å². The monoisotopic (exact) mass is 233 g/mol. The first-order chi connectivity index (χ1) is 8.22. The summed E-state index contributed by atoms with van der Waals surface area (Å²) in [6.45, 7) is 2.21. The molecule has 17 heavy (non-hydrogen) atoms. The van der Waals surface area contributed by atoms with Gasteiger partial charge >= 0.3 is 5.97 Å². The molecule has 0 radical (unpaired) electrons. The molecule has 4 nitrogen and oxygen atoms in total. The molecule has 0 saturated carbocycles. The number of ether oxygens (including phenoxy) is 2. The van der Waals surface area contributed by atoms with Crippen molar-refractivity contribution in [3.05, 3.63) is 30.0 Å². The molecule has 0 unspecified atom stereocenters. The van der Waals surface area contributed by atoms with Crippen LogP contribution in [0, 0.1) is 0 Å². The predicted molar refractivity (Wildman–Crippen MR) is 65.2 cm³/mol. The van der Waals surface area contributed by atoms with E-state index in [2.05, 4.69) is 4.98 Å². The Morgan fingerprint density at radius 1 is 1.35 bits per heavy atom. The van der Waals surface area contributed by atoms with E-state index in [0.717, 1.165) is 22.3 Å². The zero-order valence-corrected chi connectivity index (χ0v) is 9.95. The van der Waals surface area contributed by atoms with Gasteiger partial charge in [-0.25, -0.2) is 0 Å². The normalized spacial score (nSPS) is 10.5. The number of esters is 1. The van der Waals surface area contributed by atoms with Gasteiger partial charge in [-0.1, -0.05) is 0 Å². The van der Waals surface area contributed by atoms with Gasteiger partial charge in [0.15, 0.2) is 0 Å². The van der Waals surface area contributed by atoms with E-state index in [1.54, 1.807) is 14.0 Å². The van der Waals surface area contributed by atoms with E-state index in [9.17, 15) is 4.79 Å². The fourth-order valence-electron chi connectivity index (χ4n) is 1.76. The number of methoxy groups -OCH3 is 1. The summed E-state index contributed by atoms with van der Waals surface area (Å²) in [5, 5.41) is 1.03. The first-order valence-corrected chi connectivity index (χ1v) is 5.54. The van der Waals surface area contributed by atoms with E-state index in [-0.39, 0.29) is 12.4 Å². The molecule has 0 aliphatic carbocycles. The molecule has 1 N–H and O–H groups in total. The molecule has 2 rings (SSSR count). The van der Waals surface area contributed by atoms with Gasteiger partial charge in [0.25, 0.3) is 0 Å². The zero-order chi connectivity index (χ0) is 12.3. The number of aromatic nitrogens is 1. The highest BCUT2D eigenvalue weighted by molar-refractivity contribution is 5.83. The fourth-order valence-corrected chi connectivity index (χ4v) is 1.76. The van der Waals surface area contributed by atoms with Crippen molar-refractivity contribution in [2.75, 3.05) is 13.7 Å². The van der Waals surface area contributed by atoms with Gasteiger partial charge in [0.05, 0.1) is 20.1 Å². The van der Waals surface area contributed by atoms with Crippen molar-refractivity contribution in [2.24, 2.45) is 0 Å². The molecule has 2 aromatic rings. The second-order valence-electron chi connectivity index (χ2n) is 3.73. The molecule has 0 amide bonds. The largest absolute Gasteiger partial charge is 0.497 e. The summed E-state index contributed by atoms with van der Waals surface area (Å²) in [5.74, 6) is 0.588. The SMILES string of the molecule is CCOC(=O)Cc1cc2cc(OC)ccc2[nH]1. The smallest absolute Gasteiger partial charge is 0.311 e. The van der Waals surface area contributed by atoms with Crippen LogP contribution < -0.4 is 4.74 Å². The van der Waals surface area contributed by atoms with E-state index in [4.69, 9.17) is 9.47 Å². The van der Waals surface area contributed by atoms with Crippen LogP contribution in [0.2, 0.25) is 0 Å². The second kappa shape index (κ2) is 4.91. The maximum Gasteiger partial charge on any atom is 0.311 e. The molecule has 1 heterocycles. The van der Waals surface area contributed by atoms with Gasteiger partial charge in [-0.05, 0) is 31.2 Å². The maximum atomic E-state index is 11.3. The lowest BCUT2D eigenvalue weighted by atomic mass is 10.2. The second-order valence-corrected chi connectivity index (χ2v) is 3.73. The van der Waals surface area contributed by atoms with E-state index in [1.165, 1.54) is 0 Å². The molecule has 0 atom stereocenters. The number of benzene rings is 1. The Morgan fingerprint density at radius 3 is 2.88 bits per heavy atom. The Kier molecular flexibility index (Phi) is 3.32. The van der Waals surface area contributed by atoms with E-state index in [1.807, 2.05) is 24.3 Å². The van der Waals surface area contributed by atoms with E-state index < -0.39 is 0 Å². The van der Waals surface area contributed by atoms with Crippen LogP contribution in [0.25, 0.3) is 10.9 Å². The first kappa shape index (κ1) is 11.5. The van der Waals surface area contributed by atoms with Gasteiger partial charge in [0.1, 0.15) is 5.75 Å². The molecule has 0 saturated heterocycles. The lowest BCUT2D eigenvalue weighted by Gasteiger charge is -1.98. The standard InChI is InChI=1S/C13H15NO3/c1-3-17-13(15)8-10-6-9-7-11(16-2)4-5-12(9)14-10/h4-7,14H,3,8H2,1-2H3. The average Bonchev–Trinajstić information content (AvgIpc) is 2.69. The Balaban J connectivity index is 2.22. The number of rotatable bonds is 4. The molecule has 90 valence electrons. The quantitative estimate of drug-likeness (QED) is 0.824. The Labute approximate surface area is 99.5 Å². The highest BCUT2D eigenvalue weighted by Crippen LogP contribution is 2.21. The third-order valence-electron chi connectivity index (χ3n) is 2.52. The van der Waals surface area contributed by atoms with E-state index in [0.29, 0.717) is 6.61 Å².